The van der Waals surface area contributed by atoms with Crippen molar-refractivity contribution in [2.45, 2.75) is 25.7 Å². The van der Waals surface area contributed by atoms with Gasteiger partial charge >= 0.3 is 0 Å². The Kier molecular flexibility index (Phi) is 4.09. The zero-order chi connectivity index (χ0) is 19.1. The highest BCUT2D eigenvalue weighted by Gasteiger charge is 2.28. The molecule has 1 aliphatic carbocycles. The summed E-state index contributed by atoms with van der Waals surface area (Å²) in [5, 5.41) is 6.16. The number of benzene rings is 1. The first-order chi connectivity index (χ1) is 13.7. The van der Waals surface area contributed by atoms with Gasteiger partial charge in [0.2, 0.25) is 11.9 Å². The number of Topliss-reactive ketones (excluding diaryl/α,β-unsaturated/α-hetero) is 1. The number of rotatable bonds is 3. The van der Waals surface area contributed by atoms with E-state index >= 15 is 0 Å². The molecule has 3 aromatic heterocycles. The van der Waals surface area contributed by atoms with Gasteiger partial charge in [-0.25, -0.2) is 19.9 Å². The highest BCUT2D eigenvalue weighted by Crippen LogP contribution is 2.34. The molecule has 6 nitrogen and oxygen atoms in total. The van der Waals surface area contributed by atoms with Gasteiger partial charge in [0.25, 0.3) is 0 Å². The van der Waals surface area contributed by atoms with Crippen molar-refractivity contribution in [1.82, 2.24) is 19.9 Å². The third-order valence-electron chi connectivity index (χ3n) is 5.00. The van der Waals surface area contributed by atoms with Gasteiger partial charge in [0.05, 0.1) is 22.5 Å². The number of nitrogens with zero attached hydrogens (tertiary/aromatic N) is 4. The highest BCUT2D eigenvalue weighted by molar-refractivity contribution is 7.10. The summed E-state index contributed by atoms with van der Waals surface area (Å²) in [4.78, 5) is 31.7. The molecule has 4 aromatic rings. The van der Waals surface area contributed by atoms with Crippen LogP contribution in [0.5, 0.6) is 0 Å². The predicted octanol–water partition coefficient (Wildman–Crippen LogP) is 4.45. The molecule has 0 aliphatic heterocycles. The minimum atomic E-state index is 0.101. The molecule has 7 heteroatoms. The monoisotopic (exact) mass is 387 g/mol. The average Bonchev–Trinajstić information content (AvgIpc) is 3.23. The van der Waals surface area contributed by atoms with Crippen LogP contribution in [0.15, 0.2) is 48.0 Å². The third-order valence-corrected chi connectivity index (χ3v) is 6.04. The Morgan fingerprint density at radius 3 is 2.79 bits per heavy atom. The van der Waals surface area contributed by atoms with Crippen LogP contribution in [0.2, 0.25) is 0 Å². The molecule has 0 fully saturated rings. The van der Waals surface area contributed by atoms with Crippen LogP contribution in [0.25, 0.3) is 10.9 Å². The molecule has 5 rings (SSSR count). The van der Waals surface area contributed by atoms with Crippen molar-refractivity contribution < 1.29 is 4.79 Å². The lowest BCUT2D eigenvalue weighted by atomic mass is 9.86. The smallest absolute Gasteiger partial charge is 0.230 e. The molecule has 28 heavy (non-hydrogen) atoms. The molecule has 0 bridgehead atoms. The summed E-state index contributed by atoms with van der Waals surface area (Å²) in [7, 11) is 0. The minimum Gasteiger partial charge on any atom is -0.294 e. The number of anilines is 2. The first-order valence-corrected chi connectivity index (χ1v) is 9.98. The summed E-state index contributed by atoms with van der Waals surface area (Å²) in [6.07, 6.45) is 2.86. The van der Waals surface area contributed by atoms with Crippen molar-refractivity contribution in [3.05, 3.63) is 69.8 Å². The number of carbonyl (C=O) groups excluding carboxylic acids is 1. The summed E-state index contributed by atoms with van der Waals surface area (Å²) in [5.41, 5.74) is 3.15. The molecular weight excluding hydrogens is 370 g/mol. The Hall–Kier alpha value is -3.19. The number of hydrogen-bond acceptors (Lipinski definition) is 7. The van der Waals surface area contributed by atoms with Crippen LogP contribution in [0, 0.1) is 6.92 Å². The molecule has 1 aromatic carbocycles. The average molecular weight is 387 g/mol. The first-order valence-electron chi connectivity index (χ1n) is 9.10. The van der Waals surface area contributed by atoms with Gasteiger partial charge in [0, 0.05) is 28.8 Å². The minimum absolute atomic E-state index is 0.101. The van der Waals surface area contributed by atoms with Crippen LogP contribution in [0.4, 0.5) is 11.9 Å². The van der Waals surface area contributed by atoms with Crippen LogP contribution < -0.4 is 5.32 Å². The van der Waals surface area contributed by atoms with Gasteiger partial charge in [-0.3, -0.25) is 10.1 Å². The molecule has 0 saturated carbocycles. The van der Waals surface area contributed by atoms with Gasteiger partial charge < -0.3 is 0 Å². The van der Waals surface area contributed by atoms with Gasteiger partial charge in [0.15, 0.2) is 5.78 Å². The quantitative estimate of drug-likeness (QED) is 0.559. The van der Waals surface area contributed by atoms with Gasteiger partial charge in [-0.2, -0.15) is 0 Å². The maximum Gasteiger partial charge on any atom is 0.230 e. The van der Waals surface area contributed by atoms with Crippen molar-refractivity contribution in [2.24, 2.45) is 0 Å². The molecule has 0 spiro atoms. The van der Waals surface area contributed by atoms with E-state index in [-0.39, 0.29) is 11.7 Å². The Morgan fingerprint density at radius 2 is 1.93 bits per heavy atom. The molecule has 138 valence electrons. The Morgan fingerprint density at radius 1 is 1.04 bits per heavy atom. The zero-order valence-electron chi connectivity index (χ0n) is 15.2. The van der Waals surface area contributed by atoms with Crippen molar-refractivity contribution in [1.29, 1.82) is 0 Å². The second kappa shape index (κ2) is 6.76. The van der Waals surface area contributed by atoms with Crippen molar-refractivity contribution in [2.75, 3.05) is 5.32 Å². The van der Waals surface area contributed by atoms with Gasteiger partial charge in [-0.05, 0) is 30.9 Å². The molecule has 0 amide bonds. The van der Waals surface area contributed by atoms with Crippen LogP contribution in [-0.2, 0) is 6.42 Å². The number of para-hydroxylation sites is 1. The standard InChI is InChI=1S/C21H17N5OS/c1-12-14-5-2-3-6-16(14)24-21(23-12)26-20-22-11-15-17(25-20)9-13(10-18(15)27)19-7-4-8-28-19/h2-8,11,13H,9-10H2,1H3,(H,22,23,24,25,26)/t13-/m1/s1. The van der Waals surface area contributed by atoms with E-state index in [0.29, 0.717) is 23.9 Å². The molecule has 1 atom stereocenters. The van der Waals surface area contributed by atoms with E-state index in [9.17, 15) is 4.79 Å². The molecule has 0 unspecified atom stereocenters. The number of carbonyl (C=O) groups is 1. The summed E-state index contributed by atoms with van der Waals surface area (Å²) >= 11 is 1.68. The first kappa shape index (κ1) is 16.9. The topological polar surface area (TPSA) is 80.7 Å². The molecule has 0 saturated heterocycles. The maximum atomic E-state index is 12.5. The lowest BCUT2D eigenvalue weighted by molar-refractivity contribution is 0.0963. The number of hydrogen-bond donors (Lipinski definition) is 1. The Balaban J connectivity index is 1.46. The third kappa shape index (κ3) is 3.03. The van der Waals surface area contributed by atoms with Crippen LogP contribution >= 0.6 is 11.3 Å². The number of aromatic nitrogens is 4. The van der Waals surface area contributed by atoms with Gasteiger partial charge in [0.1, 0.15) is 0 Å². The van der Waals surface area contributed by atoms with E-state index in [1.165, 1.54) is 4.88 Å². The SMILES string of the molecule is Cc1nc(Nc2ncc3c(n2)C[C@@H](c2cccs2)CC3=O)nc2ccccc12. The van der Waals surface area contributed by atoms with E-state index in [0.717, 1.165) is 28.7 Å². The fraction of sp³-hybridized carbons (Fsp3) is 0.190. The Bertz CT molecular complexity index is 1190. The maximum absolute atomic E-state index is 12.5. The van der Waals surface area contributed by atoms with E-state index in [2.05, 4.69) is 31.3 Å². The van der Waals surface area contributed by atoms with Crippen molar-refractivity contribution in [3.63, 3.8) is 0 Å². The van der Waals surface area contributed by atoms with Gasteiger partial charge in [-0.15, -0.1) is 11.3 Å². The molecule has 0 radical (unpaired) electrons. The second-order valence-electron chi connectivity index (χ2n) is 6.87. The van der Waals surface area contributed by atoms with Crippen molar-refractivity contribution >= 4 is 39.9 Å². The fourth-order valence-electron chi connectivity index (χ4n) is 3.62. The van der Waals surface area contributed by atoms with Crippen LogP contribution in [0.1, 0.15) is 39.0 Å². The fourth-order valence-corrected chi connectivity index (χ4v) is 4.45. The molecular formula is C21H17N5OS. The zero-order valence-corrected chi connectivity index (χ0v) is 16.0. The summed E-state index contributed by atoms with van der Waals surface area (Å²) < 4.78 is 0. The second-order valence-corrected chi connectivity index (χ2v) is 7.85. The lowest BCUT2D eigenvalue weighted by Gasteiger charge is -2.22. The van der Waals surface area contributed by atoms with E-state index in [4.69, 9.17) is 0 Å². The summed E-state index contributed by atoms with van der Waals surface area (Å²) in [6, 6.07) is 12.0. The van der Waals surface area contributed by atoms with Gasteiger partial charge in [-0.1, -0.05) is 24.3 Å². The van der Waals surface area contributed by atoms with E-state index in [1.807, 2.05) is 42.6 Å². The number of nitrogens with one attached hydrogen (secondary N) is 1. The summed E-state index contributed by atoms with van der Waals surface area (Å²) in [6.45, 7) is 1.95. The Labute approximate surface area is 165 Å². The summed E-state index contributed by atoms with van der Waals surface area (Å²) in [5.74, 6) is 1.15. The number of thiophene rings is 1. The van der Waals surface area contributed by atoms with Crippen LogP contribution in [0.3, 0.4) is 0 Å². The van der Waals surface area contributed by atoms with E-state index in [1.54, 1.807) is 17.5 Å². The van der Waals surface area contributed by atoms with E-state index < -0.39 is 0 Å². The number of aryl methyl sites for hydroxylation is 1. The number of fused-ring (bicyclic) bond motifs is 2. The van der Waals surface area contributed by atoms with Crippen molar-refractivity contribution in [3.8, 4) is 0 Å². The number of ketones is 1. The van der Waals surface area contributed by atoms with Crippen LogP contribution in [-0.4, -0.2) is 25.7 Å². The largest absolute Gasteiger partial charge is 0.294 e. The lowest BCUT2D eigenvalue weighted by Crippen LogP contribution is -2.20. The molecule has 1 N–H and O–H groups in total. The normalized spacial score (nSPS) is 16.2. The highest BCUT2D eigenvalue weighted by atomic mass is 32.1. The molecule has 1 aliphatic rings. The molecule has 3 heterocycles. The predicted molar refractivity (Wildman–Crippen MR) is 109 cm³/mol.